The Morgan fingerprint density at radius 1 is 1.31 bits per heavy atom. The Morgan fingerprint density at radius 2 is 2.09 bits per heavy atom. The normalized spacial score (nSPS) is 14.3. The van der Waals surface area contributed by atoms with E-state index in [1.54, 1.807) is 12.3 Å². The molecular formula is C25H24FN3O2S. The van der Waals surface area contributed by atoms with Crippen LogP contribution in [0.5, 0.6) is 0 Å². The Morgan fingerprint density at radius 3 is 2.75 bits per heavy atom. The number of halogens is 1. The van der Waals surface area contributed by atoms with E-state index in [0.29, 0.717) is 41.7 Å². The largest absolute Gasteiger partial charge is 0.481 e. The number of benzene rings is 2. The van der Waals surface area contributed by atoms with Gasteiger partial charge in [-0.25, -0.2) is 9.37 Å². The van der Waals surface area contributed by atoms with Crippen molar-refractivity contribution in [1.29, 1.82) is 5.26 Å². The fraction of sp³-hybridized carbons (Fsp3) is 0.320. The van der Waals surface area contributed by atoms with Crippen molar-refractivity contribution in [2.24, 2.45) is 11.8 Å². The lowest BCUT2D eigenvalue weighted by molar-refractivity contribution is -0.147. The summed E-state index contributed by atoms with van der Waals surface area (Å²) in [6.45, 7) is 5.77. The maximum atomic E-state index is 14.8. The first-order valence-corrected chi connectivity index (χ1v) is 11.4. The van der Waals surface area contributed by atoms with E-state index in [0.717, 1.165) is 28.0 Å². The third kappa shape index (κ3) is 4.72. The Balaban J connectivity index is 1.50. The van der Waals surface area contributed by atoms with Gasteiger partial charge in [0.1, 0.15) is 10.8 Å². The molecule has 7 heteroatoms. The average Bonchev–Trinajstić information content (AvgIpc) is 3.20. The number of hydrogen-bond acceptors (Lipinski definition) is 5. The molecule has 32 heavy (non-hydrogen) atoms. The van der Waals surface area contributed by atoms with E-state index in [-0.39, 0.29) is 11.7 Å². The molecule has 0 atom stereocenters. The van der Waals surface area contributed by atoms with Crippen LogP contribution in [0.25, 0.3) is 21.0 Å². The third-order valence-electron chi connectivity index (χ3n) is 5.63. The Labute approximate surface area is 190 Å². The van der Waals surface area contributed by atoms with E-state index in [2.05, 4.69) is 24.9 Å². The molecule has 5 nitrogen and oxygen atoms in total. The monoisotopic (exact) mass is 449 g/mol. The van der Waals surface area contributed by atoms with Gasteiger partial charge in [-0.05, 0) is 47.2 Å². The number of nitrogens with zero attached hydrogens (tertiary/aromatic N) is 3. The first-order chi connectivity index (χ1) is 15.3. The molecule has 2 aromatic carbocycles. The lowest BCUT2D eigenvalue weighted by Crippen LogP contribution is -2.49. The van der Waals surface area contributed by atoms with Gasteiger partial charge in [0, 0.05) is 31.4 Å². The van der Waals surface area contributed by atoms with Gasteiger partial charge in [0.05, 0.1) is 22.4 Å². The summed E-state index contributed by atoms with van der Waals surface area (Å²) in [5, 5.41) is 19.1. The smallest absolute Gasteiger partial charge is 0.309 e. The van der Waals surface area contributed by atoms with Gasteiger partial charge in [0.25, 0.3) is 0 Å². The Kier molecular flexibility index (Phi) is 6.35. The molecule has 0 spiro atoms. The van der Waals surface area contributed by atoms with Crippen molar-refractivity contribution < 1.29 is 14.3 Å². The van der Waals surface area contributed by atoms with E-state index in [9.17, 15) is 14.4 Å². The van der Waals surface area contributed by atoms with Gasteiger partial charge in [0.15, 0.2) is 0 Å². The second kappa shape index (κ2) is 9.19. The van der Waals surface area contributed by atoms with Gasteiger partial charge < -0.3 is 5.11 Å². The summed E-state index contributed by atoms with van der Waals surface area (Å²) in [6, 6.07) is 13.2. The summed E-state index contributed by atoms with van der Waals surface area (Å²) in [5.41, 5.74) is 3.85. The lowest BCUT2D eigenvalue weighted by atomic mass is 9.96. The van der Waals surface area contributed by atoms with Crippen molar-refractivity contribution >= 4 is 17.3 Å². The van der Waals surface area contributed by atoms with Gasteiger partial charge in [-0.15, -0.1) is 11.3 Å². The predicted octanol–water partition coefficient (Wildman–Crippen LogP) is 5.20. The summed E-state index contributed by atoms with van der Waals surface area (Å²) < 4.78 is 14.8. The molecule has 1 aliphatic heterocycles. The third-order valence-corrected chi connectivity index (χ3v) is 6.70. The molecule has 4 rings (SSSR count). The molecule has 0 amide bonds. The van der Waals surface area contributed by atoms with Gasteiger partial charge >= 0.3 is 5.97 Å². The number of aromatic nitrogens is 1. The topological polar surface area (TPSA) is 77.2 Å². The lowest BCUT2D eigenvalue weighted by Gasteiger charge is -2.36. The van der Waals surface area contributed by atoms with Gasteiger partial charge in [0.2, 0.25) is 0 Å². The average molecular weight is 450 g/mol. The number of likely N-dealkylation sites (tertiary alicyclic amines) is 1. The highest BCUT2D eigenvalue weighted by Crippen LogP contribution is 2.35. The molecule has 0 unspecified atom stereocenters. The molecule has 3 aromatic rings. The highest BCUT2D eigenvalue weighted by Gasteiger charge is 2.32. The van der Waals surface area contributed by atoms with Crippen LogP contribution >= 0.6 is 11.3 Å². The molecule has 0 radical (unpaired) electrons. The van der Waals surface area contributed by atoms with E-state index >= 15 is 0 Å². The summed E-state index contributed by atoms with van der Waals surface area (Å²) in [6.07, 6.45) is 2.57. The van der Waals surface area contributed by atoms with Crippen LogP contribution in [0.1, 0.15) is 30.5 Å². The minimum atomic E-state index is -0.779. The maximum absolute atomic E-state index is 14.8. The van der Waals surface area contributed by atoms with Crippen LogP contribution < -0.4 is 0 Å². The quantitative estimate of drug-likeness (QED) is 0.536. The van der Waals surface area contributed by atoms with Crippen molar-refractivity contribution in [2.45, 2.75) is 26.8 Å². The zero-order valence-electron chi connectivity index (χ0n) is 18.0. The molecule has 1 N–H and O–H groups in total. The number of carbonyl (C=O) groups is 1. The van der Waals surface area contributed by atoms with Gasteiger partial charge in [-0.3, -0.25) is 9.69 Å². The standard InChI is InChI=1S/C25H24FN3O2S/c1-15(2)7-17-4-5-18(9-19(17)10-27)23-11-28-24(32-23)21-6-3-16(8-22(21)26)12-29-13-20(14-29)25(30)31/h3-6,8-9,11,15,20H,7,12-14H2,1-2H3,(H,30,31). The second-order valence-corrected chi connectivity index (χ2v) is 9.69. The number of aliphatic carboxylic acids is 1. The van der Waals surface area contributed by atoms with Crippen molar-refractivity contribution in [3.8, 4) is 27.1 Å². The van der Waals surface area contributed by atoms with Crippen LogP contribution in [-0.4, -0.2) is 34.0 Å². The van der Waals surface area contributed by atoms with Crippen LogP contribution in [0.4, 0.5) is 4.39 Å². The molecule has 1 aromatic heterocycles. The number of carboxylic acids is 1. The van der Waals surface area contributed by atoms with Gasteiger partial charge in [-0.2, -0.15) is 5.26 Å². The maximum Gasteiger partial charge on any atom is 0.309 e. The molecule has 1 fully saturated rings. The van der Waals surface area contributed by atoms with E-state index in [1.807, 2.05) is 29.2 Å². The molecule has 0 bridgehead atoms. The summed E-state index contributed by atoms with van der Waals surface area (Å²) >= 11 is 1.39. The molecule has 164 valence electrons. The number of nitriles is 1. The van der Waals surface area contributed by atoms with Crippen LogP contribution in [0.2, 0.25) is 0 Å². The molecule has 2 heterocycles. The van der Waals surface area contributed by atoms with Crippen LogP contribution in [0.3, 0.4) is 0 Å². The van der Waals surface area contributed by atoms with Gasteiger partial charge in [-0.1, -0.05) is 32.0 Å². The van der Waals surface area contributed by atoms with E-state index in [1.165, 1.54) is 17.4 Å². The fourth-order valence-corrected chi connectivity index (χ4v) is 4.87. The minimum Gasteiger partial charge on any atom is -0.481 e. The highest BCUT2D eigenvalue weighted by atomic mass is 32.1. The van der Waals surface area contributed by atoms with Crippen molar-refractivity contribution in [3.63, 3.8) is 0 Å². The number of hydrogen-bond donors (Lipinski definition) is 1. The molecule has 1 aliphatic rings. The summed E-state index contributed by atoms with van der Waals surface area (Å²) in [7, 11) is 0. The van der Waals surface area contributed by atoms with Crippen LogP contribution in [-0.2, 0) is 17.8 Å². The number of rotatable bonds is 7. The van der Waals surface area contributed by atoms with Crippen molar-refractivity contribution in [1.82, 2.24) is 9.88 Å². The first-order valence-electron chi connectivity index (χ1n) is 10.6. The molecular weight excluding hydrogens is 425 g/mol. The number of carboxylic acid groups (broad SMARTS) is 1. The van der Waals surface area contributed by atoms with Crippen molar-refractivity contribution in [3.05, 3.63) is 65.1 Å². The summed E-state index contributed by atoms with van der Waals surface area (Å²) in [4.78, 5) is 18.2. The SMILES string of the molecule is CC(C)Cc1ccc(-c2cnc(-c3ccc(CN4CC(C(=O)O)C4)cc3F)s2)cc1C#N. The number of thiazole rings is 1. The van der Waals surface area contributed by atoms with Crippen LogP contribution in [0.15, 0.2) is 42.6 Å². The summed E-state index contributed by atoms with van der Waals surface area (Å²) in [5.74, 6) is -0.982. The van der Waals surface area contributed by atoms with E-state index < -0.39 is 5.97 Å². The first kappa shape index (κ1) is 22.1. The van der Waals surface area contributed by atoms with Crippen LogP contribution in [0, 0.1) is 29.0 Å². The zero-order valence-corrected chi connectivity index (χ0v) is 18.8. The van der Waals surface area contributed by atoms with Crippen molar-refractivity contribution in [2.75, 3.05) is 13.1 Å². The second-order valence-electron chi connectivity index (χ2n) is 8.65. The molecule has 0 saturated carbocycles. The predicted molar refractivity (Wildman–Crippen MR) is 123 cm³/mol. The Hall–Kier alpha value is -3.08. The van der Waals surface area contributed by atoms with E-state index in [4.69, 9.17) is 5.11 Å². The molecule has 1 saturated heterocycles. The highest BCUT2D eigenvalue weighted by molar-refractivity contribution is 7.18. The minimum absolute atomic E-state index is 0.325. The Bertz CT molecular complexity index is 1190. The zero-order chi connectivity index (χ0) is 22.8. The molecule has 0 aliphatic carbocycles. The fourth-order valence-electron chi connectivity index (χ4n) is 3.93.